The van der Waals surface area contributed by atoms with Crippen molar-refractivity contribution in [1.82, 2.24) is 77.3 Å². The molecular formula is C71H97N21O12S. The maximum absolute atomic E-state index is 15.1. The number of rotatable bonds is 43. The van der Waals surface area contributed by atoms with Crippen molar-refractivity contribution in [2.24, 2.45) is 33.7 Å². The summed E-state index contributed by atoms with van der Waals surface area (Å²) in [7, 11) is 0. The number of guanidine groups is 1. The molecule has 105 heavy (non-hydrogen) atoms. The van der Waals surface area contributed by atoms with Crippen LogP contribution in [0.4, 0.5) is 0 Å². The third-order valence-corrected chi connectivity index (χ3v) is 18.8. The molecule has 0 saturated carbocycles. The van der Waals surface area contributed by atoms with Gasteiger partial charge in [0, 0.05) is 96.8 Å². The Morgan fingerprint density at radius 1 is 0.552 bits per heavy atom. The number of imidazole rings is 2. The molecule has 3 aromatic carbocycles. The largest absolute Gasteiger partial charge is 0.508 e. The lowest BCUT2D eigenvalue weighted by atomic mass is 10.0. The minimum Gasteiger partial charge on any atom is -0.508 e. The summed E-state index contributed by atoms with van der Waals surface area (Å²) in [5.41, 5.74) is 33.7. The van der Waals surface area contributed by atoms with E-state index in [1.54, 1.807) is 24.5 Å². The Bertz CT molecular complexity index is 4050. The second-order valence-corrected chi connectivity index (χ2v) is 27.0. The van der Waals surface area contributed by atoms with Gasteiger partial charge in [-0.3, -0.25) is 48.1 Å². The molecule has 34 heteroatoms. The van der Waals surface area contributed by atoms with Crippen molar-refractivity contribution in [3.63, 3.8) is 0 Å². The van der Waals surface area contributed by atoms with Crippen molar-refractivity contribution in [2.45, 2.75) is 163 Å². The molecule has 24 N–H and O–H groups in total. The summed E-state index contributed by atoms with van der Waals surface area (Å²) in [6.45, 7) is 0.672. The van der Waals surface area contributed by atoms with Gasteiger partial charge in [0.25, 0.3) is 0 Å². The number of aromatic nitrogens is 6. The summed E-state index contributed by atoms with van der Waals surface area (Å²) in [6.07, 6.45) is 12.8. The standard InChI is InChI=1S/C71H97N21O12S/c1-105-29-24-54(64(97)85-52(16-6-8-25-72)62(95)84-53(17-7-9-26-73)63(96)88-58(34-45-38-78-40-83-45)67(100)89-57(33-44-37-77-39-82-44)66(99)87-55(70(103)104)18-10-27-79-71(75)76)86-65(98)56(32-43-36-81-51-15-5-3-13-48(43)51)90-68(101)60-19-11-28-92(60)69(102)59(30-41-20-22-46(93)23-21-41)91-61(94)49(74)31-42-35-80-50-14-4-2-12-47(42)50/h2-5,12-15,20-23,35-40,49,52-60,80-81,93H,6-11,16-19,24-34,72-74H2,1H3,(H,77,82)(H,78,83)(H,84,95)(H,85,97)(H,86,98)(H,87,99)(H,88,96)(H,89,100)(H,90,101)(H,91,94)(H,103,104)(H4,75,76,79)/t49-,52-,53-,54-,55-,56-,57-,58-,59-,60-/m0/s1. The summed E-state index contributed by atoms with van der Waals surface area (Å²) in [6, 6.07) is 8.00. The molecule has 33 nitrogen and oxygen atoms in total. The van der Waals surface area contributed by atoms with E-state index in [0.29, 0.717) is 60.4 Å². The van der Waals surface area contributed by atoms with Crippen molar-refractivity contribution in [1.29, 1.82) is 0 Å². The molecule has 0 spiro atoms. The number of para-hydroxylation sites is 2. The van der Waals surface area contributed by atoms with E-state index in [2.05, 4.69) is 77.4 Å². The molecule has 10 atom stereocenters. The van der Waals surface area contributed by atoms with Crippen LogP contribution in [0.1, 0.15) is 98.7 Å². The molecule has 564 valence electrons. The molecule has 0 unspecified atom stereocenters. The number of hydrogen-bond acceptors (Lipinski definition) is 18. The number of unbranched alkanes of at least 4 members (excludes halogenated alkanes) is 2. The van der Waals surface area contributed by atoms with Crippen LogP contribution in [0.3, 0.4) is 0 Å². The highest BCUT2D eigenvalue weighted by atomic mass is 32.2. The summed E-state index contributed by atoms with van der Waals surface area (Å²) < 4.78 is 0. The molecule has 0 aliphatic carbocycles. The lowest BCUT2D eigenvalue weighted by Crippen LogP contribution is -2.61. The van der Waals surface area contributed by atoms with E-state index >= 15 is 4.79 Å². The molecule has 9 amide bonds. The molecule has 4 aromatic heterocycles. The first kappa shape index (κ1) is 79.9. The van der Waals surface area contributed by atoms with E-state index in [9.17, 15) is 53.4 Å². The zero-order chi connectivity index (χ0) is 75.4. The molecule has 1 saturated heterocycles. The van der Waals surface area contributed by atoms with Crippen LogP contribution in [-0.4, -0.2) is 209 Å². The Morgan fingerprint density at radius 2 is 1.02 bits per heavy atom. The fraction of sp³-hybridized carbons (Fsp3) is 0.451. The van der Waals surface area contributed by atoms with Gasteiger partial charge in [-0.2, -0.15) is 11.8 Å². The molecule has 0 bridgehead atoms. The Labute approximate surface area is 610 Å². The molecule has 1 aliphatic heterocycles. The van der Waals surface area contributed by atoms with Crippen LogP contribution >= 0.6 is 11.8 Å². The lowest BCUT2D eigenvalue weighted by Gasteiger charge is -2.31. The number of thioether (sulfide) groups is 1. The van der Waals surface area contributed by atoms with Gasteiger partial charge in [0.1, 0.15) is 60.1 Å². The number of carbonyl (C=O) groups excluding carboxylic acids is 9. The number of phenols is 1. The number of aliphatic imine (C=N–C) groups is 1. The Morgan fingerprint density at radius 3 is 1.51 bits per heavy atom. The molecule has 1 aliphatic rings. The van der Waals surface area contributed by atoms with E-state index in [4.69, 9.17) is 28.7 Å². The molecular weight excluding hydrogens is 1370 g/mol. The first-order chi connectivity index (χ1) is 50.6. The Balaban J connectivity index is 1.00. The first-order valence-corrected chi connectivity index (χ1v) is 36.5. The molecule has 1 fully saturated rings. The number of carboxylic acids is 1. The number of H-pyrrole nitrogens is 4. The van der Waals surface area contributed by atoms with Gasteiger partial charge in [0.15, 0.2) is 5.96 Å². The number of amides is 9. The molecule has 5 heterocycles. The van der Waals surface area contributed by atoms with Crippen LogP contribution in [0.25, 0.3) is 21.8 Å². The minimum absolute atomic E-state index is 0.00272. The highest BCUT2D eigenvalue weighted by molar-refractivity contribution is 7.98. The number of benzene rings is 3. The summed E-state index contributed by atoms with van der Waals surface area (Å²) in [5.74, 6) is -7.99. The number of aromatic hydroxyl groups is 1. The van der Waals surface area contributed by atoms with Crippen LogP contribution < -0.4 is 71.2 Å². The SMILES string of the molecule is CSCC[C@H](NC(=O)[C@H](Cc1c[nH]c2ccccc12)NC(=O)[C@@H]1CCCN1C(=O)[C@H](Cc1ccc(O)cc1)NC(=O)[C@@H](N)Cc1c[nH]c2ccccc12)C(=O)N[C@@H](CCCCN)C(=O)N[C@@H](CCCCN)C(=O)N[C@@H](Cc1cnc[nH]1)C(=O)N[C@@H](Cc1cnc[nH]1)C(=O)N[C@@H](CCCN=C(N)N)C(=O)O. The van der Waals surface area contributed by atoms with E-state index < -0.39 is 120 Å². The number of carbonyl (C=O) groups is 10. The van der Waals surface area contributed by atoms with Gasteiger partial charge in [-0.15, -0.1) is 0 Å². The number of hydrogen-bond donors (Lipinski definition) is 19. The number of fused-ring (bicyclic) bond motifs is 2. The van der Waals surface area contributed by atoms with Crippen molar-refractivity contribution in [2.75, 3.05) is 38.2 Å². The third kappa shape index (κ3) is 23.9. The Kier molecular flexibility index (Phi) is 30.6. The number of nitrogens with zero attached hydrogens (tertiary/aromatic N) is 4. The van der Waals surface area contributed by atoms with E-state index in [0.717, 1.165) is 27.4 Å². The lowest BCUT2D eigenvalue weighted by molar-refractivity contribution is -0.142. The Hall–Kier alpha value is -10.8. The number of phenolic OH excluding ortho intramolecular Hbond substituents is 1. The van der Waals surface area contributed by atoms with Crippen LogP contribution in [0, 0.1) is 0 Å². The number of aliphatic carboxylic acids is 1. The van der Waals surface area contributed by atoms with Gasteiger partial charge < -0.3 is 106 Å². The minimum atomic E-state index is -1.45. The predicted molar refractivity (Wildman–Crippen MR) is 395 cm³/mol. The fourth-order valence-electron chi connectivity index (χ4n) is 12.6. The average Bonchev–Trinajstić information content (AvgIpc) is 1.71. The highest BCUT2D eigenvalue weighted by Gasteiger charge is 2.41. The van der Waals surface area contributed by atoms with Gasteiger partial charge in [-0.05, 0) is 143 Å². The van der Waals surface area contributed by atoms with Crippen molar-refractivity contribution >= 4 is 98.7 Å². The van der Waals surface area contributed by atoms with Gasteiger partial charge in [-0.1, -0.05) is 48.5 Å². The van der Waals surface area contributed by atoms with Gasteiger partial charge >= 0.3 is 5.97 Å². The quantitative estimate of drug-likeness (QED) is 0.0132. The molecule has 8 rings (SSSR count). The number of aromatic amines is 4. The zero-order valence-electron chi connectivity index (χ0n) is 58.6. The van der Waals surface area contributed by atoms with Crippen LogP contribution in [0.2, 0.25) is 0 Å². The maximum Gasteiger partial charge on any atom is 0.326 e. The van der Waals surface area contributed by atoms with E-state index in [1.165, 1.54) is 53.8 Å². The zero-order valence-corrected chi connectivity index (χ0v) is 59.4. The van der Waals surface area contributed by atoms with Gasteiger partial charge in [-0.25, -0.2) is 14.8 Å². The predicted octanol–water partition coefficient (Wildman–Crippen LogP) is -0.340. The highest BCUT2D eigenvalue weighted by Crippen LogP contribution is 2.25. The second-order valence-electron chi connectivity index (χ2n) is 26.0. The molecule has 7 aromatic rings. The smallest absolute Gasteiger partial charge is 0.326 e. The fourth-order valence-corrected chi connectivity index (χ4v) is 13.0. The van der Waals surface area contributed by atoms with Gasteiger partial charge in [0.2, 0.25) is 53.2 Å². The first-order valence-electron chi connectivity index (χ1n) is 35.1. The number of nitrogens with one attached hydrogen (secondary N) is 12. The van der Waals surface area contributed by atoms with Crippen molar-refractivity contribution in [3.05, 3.63) is 138 Å². The normalized spacial score (nSPS) is 15.4. The number of likely N-dealkylation sites (tertiary alicyclic amines) is 1. The van der Waals surface area contributed by atoms with E-state index in [1.807, 2.05) is 54.8 Å². The topological polar surface area (TPSA) is 542 Å². The summed E-state index contributed by atoms with van der Waals surface area (Å²) in [5, 5.41) is 44.0. The van der Waals surface area contributed by atoms with E-state index in [-0.39, 0.29) is 109 Å². The number of carboxylic acid groups (broad SMARTS) is 1. The van der Waals surface area contributed by atoms with Crippen LogP contribution in [0.15, 0.2) is 115 Å². The third-order valence-electron chi connectivity index (χ3n) is 18.2. The van der Waals surface area contributed by atoms with Crippen LogP contribution in [-0.2, 0) is 80.0 Å². The van der Waals surface area contributed by atoms with Crippen LogP contribution in [0.5, 0.6) is 5.75 Å². The number of nitrogens with two attached hydrogens (primary N) is 5. The molecule has 0 radical (unpaired) electrons. The summed E-state index contributed by atoms with van der Waals surface area (Å²) >= 11 is 1.39. The van der Waals surface area contributed by atoms with Gasteiger partial charge in [0.05, 0.1) is 18.7 Å². The maximum atomic E-state index is 15.1. The van der Waals surface area contributed by atoms with Crippen molar-refractivity contribution in [3.8, 4) is 5.75 Å². The summed E-state index contributed by atoms with van der Waals surface area (Å²) in [4.78, 5) is 170. The average molecular weight is 1470 g/mol. The monoisotopic (exact) mass is 1470 g/mol. The second kappa shape index (κ2) is 40.3. The van der Waals surface area contributed by atoms with Crippen molar-refractivity contribution < 1.29 is 58.2 Å².